The minimum atomic E-state index is 0.589. The van der Waals surface area contributed by atoms with Gasteiger partial charge >= 0.3 is 0 Å². The van der Waals surface area contributed by atoms with Gasteiger partial charge in [0.2, 0.25) is 5.95 Å². The van der Waals surface area contributed by atoms with E-state index in [0.717, 1.165) is 23.6 Å². The Morgan fingerprint density at radius 3 is 2.36 bits per heavy atom. The zero-order valence-electron chi connectivity index (χ0n) is 16.8. The number of rotatable bonds is 8. The van der Waals surface area contributed by atoms with Crippen LogP contribution in [0.2, 0.25) is 0 Å². The zero-order valence-corrected chi connectivity index (χ0v) is 16.8. The van der Waals surface area contributed by atoms with Crippen molar-refractivity contribution in [3.8, 4) is 11.5 Å². The first-order valence-corrected chi connectivity index (χ1v) is 9.14. The maximum atomic E-state index is 5.36. The summed E-state index contributed by atoms with van der Waals surface area (Å²) in [5.41, 5.74) is 3.21. The number of anilines is 2. The van der Waals surface area contributed by atoms with Crippen LogP contribution < -0.4 is 19.7 Å². The maximum Gasteiger partial charge on any atom is 0.225 e. The highest BCUT2D eigenvalue weighted by molar-refractivity contribution is 5.46. The van der Waals surface area contributed by atoms with Crippen molar-refractivity contribution in [2.45, 2.75) is 20.0 Å². The Hall–Kier alpha value is -3.28. The summed E-state index contributed by atoms with van der Waals surface area (Å²) in [6.07, 6.45) is 0. The molecule has 0 unspecified atom stereocenters. The predicted octanol–water partition coefficient (Wildman–Crippen LogP) is 4.05. The van der Waals surface area contributed by atoms with Crippen molar-refractivity contribution in [3.05, 3.63) is 71.4 Å². The Bertz CT molecular complexity index is 916. The van der Waals surface area contributed by atoms with Crippen molar-refractivity contribution in [1.29, 1.82) is 0 Å². The second-order valence-corrected chi connectivity index (χ2v) is 6.58. The van der Waals surface area contributed by atoms with Crippen molar-refractivity contribution in [2.24, 2.45) is 0 Å². The molecule has 0 saturated heterocycles. The number of nitrogens with zero attached hydrogens (tertiary/aromatic N) is 3. The summed E-state index contributed by atoms with van der Waals surface area (Å²) in [5, 5.41) is 3.30. The van der Waals surface area contributed by atoms with E-state index < -0.39 is 0 Å². The largest absolute Gasteiger partial charge is 0.493 e. The monoisotopic (exact) mass is 378 g/mol. The molecule has 0 spiro atoms. The number of aryl methyl sites for hydroxylation is 1. The fraction of sp³-hybridized carbons (Fsp3) is 0.273. The topological polar surface area (TPSA) is 59.5 Å². The molecule has 1 heterocycles. The summed E-state index contributed by atoms with van der Waals surface area (Å²) < 4.78 is 10.6. The van der Waals surface area contributed by atoms with Gasteiger partial charge in [0, 0.05) is 31.9 Å². The summed E-state index contributed by atoms with van der Waals surface area (Å²) in [7, 11) is 5.30. The molecule has 0 aliphatic heterocycles. The molecule has 2 aromatic carbocycles. The minimum Gasteiger partial charge on any atom is -0.493 e. The smallest absolute Gasteiger partial charge is 0.225 e. The van der Waals surface area contributed by atoms with Crippen LogP contribution in [-0.4, -0.2) is 31.2 Å². The molecule has 3 aromatic rings. The van der Waals surface area contributed by atoms with Crippen LogP contribution in [0, 0.1) is 6.92 Å². The van der Waals surface area contributed by atoms with E-state index in [1.807, 2.05) is 56.4 Å². The van der Waals surface area contributed by atoms with Crippen LogP contribution in [0.25, 0.3) is 0 Å². The average molecular weight is 378 g/mol. The van der Waals surface area contributed by atoms with E-state index >= 15 is 0 Å². The lowest BCUT2D eigenvalue weighted by molar-refractivity contribution is 0.354. The van der Waals surface area contributed by atoms with Gasteiger partial charge in [-0.3, -0.25) is 0 Å². The van der Waals surface area contributed by atoms with Gasteiger partial charge in [0.05, 0.1) is 14.2 Å². The number of hydrogen-bond donors (Lipinski definition) is 1. The molecular formula is C22H26N4O2. The first kappa shape index (κ1) is 19.5. The summed E-state index contributed by atoms with van der Waals surface area (Å²) in [4.78, 5) is 11.3. The van der Waals surface area contributed by atoms with Crippen LogP contribution in [0.1, 0.15) is 16.8 Å². The van der Waals surface area contributed by atoms with E-state index in [1.54, 1.807) is 14.2 Å². The molecule has 1 aromatic heterocycles. The fourth-order valence-electron chi connectivity index (χ4n) is 2.94. The Morgan fingerprint density at radius 2 is 1.64 bits per heavy atom. The molecule has 0 saturated carbocycles. The number of nitrogens with one attached hydrogen (secondary N) is 1. The molecule has 0 radical (unpaired) electrons. The second kappa shape index (κ2) is 9.08. The summed E-state index contributed by atoms with van der Waals surface area (Å²) in [6.45, 7) is 3.35. The zero-order chi connectivity index (χ0) is 19.9. The highest BCUT2D eigenvalue weighted by Crippen LogP contribution is 2.27. The highest BCUT2D eigenvalue weighted by atomic mass is 16.5. The third-order valence-corrected chi connectivity index (χ3v) is 4.39. The lowest BCUT2D eigenvalue weighted by Gasteiger charge is -2.19. The number of methoxy groups -OCH3 is 2. The van der Waals surface area contributed by atoms with Crippen molar-refractivity contribution in [2.75, 3.05) is 31.5 Å². The Labute approximate surface area is 166 Å². The van der Waals surface area contributed by atoms with Crippen LogP contribution >= 0.6 is 0 Å². The summed E-state index contributed by atoms with van der Waals surface area (Å²) in [5.74, 6) is 2.90. The Balaban J connectivity index is 1.71. The van der Waals surface area contributed by atoms with Crippen molar-refractivity contribution >= 4 is 11.8 Å². The lowest BCUT2D eigenvalue weighted by Crippen LogP contribution is -2.19. The normalized spacial score (nSPS) is 10.4. The number of ether oxygens (including phenoxy) is 2. The van der Waals surface area contributed by atoms with Gasteiger partial charge in [0.25, 0.3) is 0 Å². The van der Waals surface area contributed by atoms with Crippen molar-refractivity contribution < 1.29 is 9.47 Å². The molecule has 0 atom stereocenters. The Morgan fingerprint density at radius 1 is 0.893 bits per heavy atom. The van der Waals surface area contributed by atoms with E-state index in [9.17, 15) is 0 Å². The molecule has 0 amide bonds. The van der Waals surface area contributed by atoms with Gasteiger partial charge in [0.1, 0.15) is 5.82 Å². The third kappa shape index (κ3) is 4.91. The van der Waals surface area contributed by atoms with E-state index in [0.29, 0.717) is 24.0 Å². The van der Waals surface area contributed by atoms with Gasteiger partial charge in [-0.2, -0.15) is 4.98 Å². The number of hydrogen-bond acceptors (Lipinski definition) is 6. The van der Waals surface area contributed by atoms with Crippen LogP contribution in [0.3, 0.4) is 0 Å². The molecule has 6 nitrogen and oxygen atoms in total. The van der Waals surface area contributed by atoms with Crippen molar-refractivity contribution in [3.63, 3.8) is 0 Å². The van der Waals surface area contributed by atoms with Crippen LogP contribution in [0.5, 0.6) is 11.5 Å². The van der Waals surface area contributed by atoms with E-state index in [2.05, 4.69) is 32.3 Å². The number of benzene rings is 2. The number of aromatic nitrogens is 2. The average Bonchev–Trinajstić information content (AvgIpc) is 2.72. The van der Waals surface area contributed by atoms with E-state index in [4.69, 9.17) is 9.47 Å². The molecule has 3 rings (SSSR count). The molecule has 28 heavy (non-hydrogen) atoms. The molecule has 146 valence electrons. The van der Waals surface area contributed by atoms with Crippen molar-refractivity contribution in [1.82, 2.24) is 9.97 Å². The SMILES string of the molecule is COc1ccc(CNc2nc(C)cc(N(C)Cc3ccccc3)n2)cc1OC. The van der Waals surface area contributed by atoms with E-state index in [-0.39, 0.29) is 0 Å². The molecule has 0 fully saturated rings. The van der Waals surface area contributed by atoms with Gasteiger partial charge in [-0.1, -0.05) is 36.4 Å². The van der Waals surface area contributed by atoms with Gasteiger partial charge in [0.15, 0.2) is 11.5 Å². The van der Waals surface area contributed by atoms with Crippen LogP contribution in [0.4, 0.5) is 11.8 Å². The Kier molecular flexibility index (Phi) is 6.32. The fourth-order valence-corrected chi connectivity index (χ4v) is 2.94. The first-order valence-electron chi connectivity index (χ1n) is 9.14. The van der Waals surface area contributed by atoms with Crippen LogP contribution in [0.15, 0.2) is 54.6 Å². The summed E-state index contributed by atoms with van der Waals surface area (Å²) >= 11 is 0. The van der Waals surface area contributed by atoms with Gasteiger partial charge in [-0.25, -0.2) is 4.98 Å². The van der Waals surface area contributed by atoms with Crippen LogP contribution in [-0.2, 0) is 13.1 Å². The van der Waals surface area contributed by atoms with E-state index in [1.165, 1.54) is 5.56 Å². The first-order chi connectivity index (χ1) is 13.6. The third-order valence-electron chi connectivity index (χ3n) is 4.39. The maximum absolute atomic E-state index is 5.36. The molecule has 0 aliphatic carbocycles. The molecule has 6 heteroatoms. The molecule has 0 aliphatic rings. The molecule has 1 N–H and O–H groups in total. The van der Waals surface area contributed by atoms with Gasteiger partial charge in [-0.15, -0.1) is 0 Å². The lowest BCUT2D eigenvalue weighted by atomic mass is 10.2. The predicted molar refractivity (Wildman–Crippen MR) is 112 cm³/mol. The quantitative estimate of drug-likeness (QED) is 0.638. The molecule has 0 bridgehead atoms. The standard InChI is InChI=1S/C22H26N4O2/c1-16-12-21(26(2)15-17-8-6-5-7-9-17)25-22(24-16)23-14-18-10-11-19(27-3)20(13-18)28-4/h5-13H,14-15H2,1-4H3,(H,23,24,25). The summed E-state index contributed by atoms with van der Waals surface area (Å²) in [6, 6.07) is 18.2. The van der Waals surface area contributed by atoms with Gasteiger partial charge < -0.3 is 19.7 Å². The minimum absolute atomic E-state index is 0.589. The highest BCUT2D eigenvalue weighted by Gasteiger charge is 2.09. The molecular weight excluding hydrogens is 352 g/mol. The van der Waals surface area contributed by atoms with Gasteiger partial charge in [-0.05, 0) is 30.2 Å². The second-order valence-electron chi connectivity index (χ2n) is 6.58.